The minimum Gasteiger partial charge on any atom is -0.480 e. The van der Waals surface area contributed by atoms with Crippen molar-refractivity contribution < 1.29 is 13.5 Å². The van der Waals surface area contributed by atoms with E-state index in [0.717, 1.165) is 16.6 Å². The molecule has 8 heteroatoms. The van der Waals surface area contributed by atoms with Crippen LogP contribution in [0.25, 0.3) is 22.2 Å². The lowest BCUT2D eigenvalue weighted by Crippen LogP contribution is -2.02. The Hall–Kier alpha value is -2.28. The van der Waals surface area contributed by atoms with E-state index in [-0.39, 0.29) is 5.88 Å². The van der Waals surface area contributed by atoms with E-state index in [4.69, 9.17) is 16.3 Å². The number of fused-ring (bicyclic) bond motifs is 1. The lowest BCUT2D eigenvalue weighted by atomic mass is 10.2. The summed E-state index contributed by atoms with van der Waals surface area (Å²) in [5, 5.41) is 1.25. The molecule has 0 saturated heterocycles. The number of aromatic nitrogens is 4. The van der Waals surface area contributed by atoms with Gasteiger partial charge in [0.2, 0.25) is 5.88 Å². The topological polar surface area (TPSA) is 52.8 Å². The number of alkyl halides is 2. The van der Waals surface area contributed by atoms with Gasteiger partial charge in [0.05, 0.1) is 30.1 Å². The average Bonchev–Trinajstić information content (AvgIpc) is 2.82. The highest BCUT2D eigenvalue weighted by molar-refractivity contribution is 6.30. The molecule has 3 rings (SSSR count). The first kappa shape index (κ1) is 14.6. The zero-order chi connectivity index (χ0) is 15.9. The zero-order valence-electron chi connectivity index (χ0n) is 11.7. The molecule has 3 aromatic heterocycles. The summed E-state index contributed by atoms with van der Waals surface area (Å²) in [4.78, 5) is 11.5. The highest BCUT2D eigenvalue weighted by atomic mass is 35.5. The molecule has 0 fully saturated rings. The van der Waals surface area contributed by atoms with Gasteiger partial charge in [-0.1, -0.05) is 11.6 Å². The molecule has 0 amide bonds. The Bertz CT molecular complexity index is 850. The van der Waals surface area contributed by atoms with Crippen molar-refractivity contribution in [3.8, 4) is 17.1 Å². The highest BCUT2D eigenvalue weighted by Crippen LogP contribution is 2.33. The number of rotatable bonds is 3. The molecule has 114 valence electrons. The molecule has 0 bridgehead atoms. The normalized spacial score (nSPS) is 11.4. The number of hydrogen-bond donors (Lipinski definition) is 0. The number of methoxy groups -OCH3 is 1. The number of aryl methyl sites for hydroxylation is 1. The van der Waals surface area contributed by atoms with Gasteiger partial charge >= 0.3 is 0 Å². The van der Waals surface area contributed by atoms with Crippen molar-refractivity contribution in [2.45, 2.75) is 6.43 Å². The van der Waals surface area contributed by atoms with E-state index in [1.54, 1.807) is 12.3 Å². The Morgan fingerprint density at radius 2 is 2.00 bits per heavy atom. The van der Waals surface area contributed by atoms with Crippen molar-refractivity contribution in [2.24, 2.45) is 7.05 Å². The van der Waals surface area contributed by atoms with Gasteiger partial charge in [-0.05, 0) is 12.1 Å². The van der Waals surface area contributed by atoms with Gasteiger partial charge < -0.3 is 9.30 Å². The maximum atomic E-state index is 12.7. The van der Waals surface area contributed by atoms with Crippen molar-refractivity contribution in [2.75, 3.05) is 7.11 Å². The summed E-state index contributed by atoms with van der Waals surface area (Å²) in [5.41, 5.74) is 2.08. The molecule has 3 aromatic rings. The molecule has 0 N–H and O–H groups in total. The summed E-state index contributed by atoms with van der Waals surface area (Å²) in [5.74, 6) is -0.473. The van der Waals surface area contributed by atoms with Crippen LogP contribution in [-0.4, -0.2) is 26.6 Å². The van der Waals surface area contributed by atoms with Crippen molar-refractivity contribution in [1.29, 1.82) is 0 Å². The van der Waals surface area contributed by atoms with E-state index in [1.165, 1.54) is 13.3 Å². The first-order valence-corrected chi connectivity index (χ1v) is 6.69. The first-order valence-electron chi connectivity index (χ1n) is 6.31. The van der Waals surface area contributed by atoms with E-state index in [9.17, 15) is 8.78 Å². The molecule has 0 aliphatic rings. The lowest BCUT2D eigenvalue weighted by Gasteiger charge is -2.09. The van der Waals surface area contributed by atoms with Gasteiger partial charge in [0.1, 0.15) is 5.15 Å². The van der Waals surface area contributed by atoms with Crippen LogP contribution in [0, 0.1) is 0 Å². The second-order valence-electron chi connectivity index (χ2n) is 4.61. The van der Waals surface area contributed by atoms with Crippen LogP contribution in [0.2, 0.25) is 5.15 Å². The summed E-state index contributed by atoms with van der Waals surface area (Å²) >= 11 is 5.89. The average molecular weight is 325 g/mol. The van der Waals surface area contributed by atoms with E-state index in [1.807, 2.05) is 17.7 Å². The summed E-state index contributed by atoms with van der Waals surface area (Å²) in [7, 11) is 3.20. The van der Waals surface area contributed by atoms with Crippen molar-refractivity contribution in [3.05, 3.63) is 35.5 Å². The van der Waals surface area contributed by atoms with Crippen LogP contribution < -0.4 is 4.74 Å². The van der Waals surface area contributed by atoms with Gasteiger partial charge in [-0.25, -0.2) is 18.7 Å². The van der Waals surface area contributed by atoms with Crippen molar-refractivity contribution in [1.82, 2.24) is 19.5 Å². The fraction of sp³-hybridized carbons (Fsp3) is 0.214. The summed E-state index contributed by atoms with van der Waals surface area (Å²) < 4.78 is 32.4. The van der Waals surface area contributed by atoms with Crippen LogP contribution in [0.5, 0.6) is 5.88 Å². The number of nitrogens with zero attached hydrogens (tertiary/aromatic N) is 4. The van der Waals surface area contributed by atoms with Gasteiger partial charge in [0, 0.05) is 18.6 Å². The quantitative estimate of drug-likeness (QED) is 0.690. The van der Waals surface area contributed by atoms with Gasteiger partial charge in [-0.15, -0.1) is 0 Å². The fourth-order valence-electron chi connectivity index (χ4n) is 2.28. The Morgan fingerprint density at radius 1 is 1.23 bits per heavy atom. The molecule has 3 heterocycles. The lowest BCUT2D eigenvalue weighted by molar-refractivity contribution is 0.139. The fourth-order valence-corrected chi connectivity index (χ4v) is 2.45. The predicted octanol–water partition coefficient (Wildman–Crippen LogP) is 3.63. The maximum Gasteiger partial charge on any atom is 0.297 e. The van der Waals surface area contributed by atoms with E-state index in [2.05, 4.69) is 15.0 Å². The second kappa shape index (κ2) is 5.49. The molecule has 0 aliphatic carbocycles. The number of hydrogen-bond acceptors (Lipinski definition) is 4. The van der Waals surface area contributed by atoms with Crippen LogP contribution >= 0.6 is 11.6 Å². The predicted molar refractivity (Wildman–Crippen MR) is 78.3 cm³/mol. The molecule has 0 radical (unpaired) electrons. The van der Waals surface area contributed by atoms with E-state index in [0.29, 0.717) is 10.7 Å². The monoisotopic (exact) mass is 324 g/mol. The molecule has 0 aromatic carbocycles. The molecule has 22 heavy (non-hydrogen) atoms. The third-order valence-corrected chi connectivity index (χ3v) is 3.54. The van der Waals surface area contributed by atoms with Gasteiger partial charge in [-0.2, -0.15) is 4.98 Å². The Balaban J connectivity index is 2.20. The van der Waals surface area contributed by atoms with Crippen LogP contribution in [-0.2, 0) is 7.05 Å². The van der Waals surface area contributed by atoms with Gasteiger partial charge in [-0.3, -0.25) is 0 Å². The van der Waals surface area contributed by atoms with E-state index < -0.39 is 12.2 Å². The van der Waals surface area contributed by atoms with Crippen LogP contribution in [0.1, 0.15) is 12.2 Å². The van der Waals surface area contributed by atoms with Crippen molar-refractivity contribution >= 4 is 22.5 Å². The van der Waals surface area contributed by atoms with E-state index >= 15 is 0 Å². The van der Waals surface area contributed by atoms with Crippen molar-refractivity contribution in [3.63, 3.8) is 0 Å². The Morgan fingerprint density at radius 3 is 2.68 bits per heavy atom. The summed E-state index contributed by atoms with van der Waals surface area (Å²) in [6.07, 6.45) is 0.219. The third kappa shape index (κ3) is 2.37. The van der Waals surface area contributed by atoms with Crippen LogP contribution in [0.15, 0.2) is 24.5 Å². The number of ether oxygens (including phenoxy) is 1. The second-order valence-corrected chi connectivity index (χ2v) is 4.99. The third-order valence-electron chi connectivity index (χ3n) is 3.33. The van der Waals surface area contributed by atoms with Crippen LogP contribution in [0.4, 0.5) is 8.78 Å². The van der Waals surface area contributed by atoms with Gasteiger partial charge in [0.25, 0.3) is 6.43 Å². The molecule has 0 saturated carbocycles. The minimum absolute atomic E-state index is 0.0928. The molecular formula is C14H11ClF2N4O. The van der Waals surface area contributed by atoms with Gasteiger partial charge in [0.15, 0.2) is 5.82 Å². The molecule has 0 atom stereocenters. The molecular weight excluding hydrogens is 314 g/mol. The Kier molecular flexibility index (Phi) is 3.66. The smallest absolute Gasteiger partial charge is 0.297 e. The number of pyridine rings is 1. The zero-order valence-corrected chi connectivity index (χ0v) is 12.5. The van der Waals surface area contributed by atoms with Crippen LogP contribution in [0.3, 0.4) is 0 Å². The minimum atomic E-state index is -2.75. The molecule has 5 nitrogen and oxygen atoms in total. The summed E-state index contributed by atoms with van der Waals surface area (Å²) in [6.45, 7) is 0. The Labute approximate surface area is 129 Å². The summed E-state index contributed by atoms with van der Waals surface area (Å²) in [6, 6.07) is 3.58. The highest BCUT2D eigenvalue weighted by Gasteiger charge is 2.18. The maximum absolute atomic E-state index is 12.7. The first-order chi connectivity index (χ1) is 10.5. The molecule has 0 spiro atoms. The SMILES string of the molecule is COc1nc(C(F)F)ncc1-c1cc2cc(Cl)ncc2n1C. The standard InChI is InChI=1S/C14H11ClF2N4O/c1-21-9(3-7-4-11(15)18-6-10(7)21)8-5-19-13(12(16)17)20-14(8)22-2/h3-6,12H,1-2H3. The molecule has 0 aliphatic heterocycles. The number of halogens is 3. The molecule has 0 unspecified atom stereocenters. The largest absolute Gasteiger partial charge is 0.480 e.